The molecule has 5 nitrogen and oxygen atoms in total. The Morgan fingerprint density at radius 2 is 2.10 bits per heavy atom. The van der Waals surface area contributed by atoms with Gasteiger partial charge in [0.2, 0.25) is 5.91 Å². The van der Waals surface area contributed by atoms with Crippen LogP contribution in [0.3, 0.4) is 0 Å². The van der Waals surface area contributed by atoms with Gasteiger partial charge in [-0.15, -0.1) is 0 Å². The Hall–Kier alpha value is -1.66. The molecule has 0 saturated heterocycles. The van der Waals surface area contributed by atoms with E-state index in [1.165, 1.54) is 0 Å². The molecule has 0 aliphatic rings. The minimum absolute atomic E-state index is 0.0518. The summed E-state index contributed by atoms with van der Waals surface area (Å²) < 4.78 is 1.03. The van der Waals surface area contributed by atoms with Crippen molar-refractivity contribution in [2.45, 2.75) is 26.2 Å². The van der Waals surface area contributed by atoms with Gasteiger partial charge in [0.1, 0.15) is 0 Å². The molecule has 21 heavy (non-hydrogen) atoms. The molecule has 1 aromatic heterocycles. The van der Waals surface area contributed by atoms with E-state index in [9.17, 15) is 4.79 Å². The molecule has 0 bridgehead atoms. The molecule has 0 saturated carbocycles. The maximum atomic E-state index is 11.8. The van der Waals surface area contributed by atoms with Crippen LogP contribution in [0.15, 0.2) is 28.7 Å². The molecular weight excluding hydrogens is 332 g/mol. The SMILES string of the molecule is CCc1c(NC(=O)CCCN)n[nH]c1-c1ccc(Br)cc1. The number of aromatic amines is 1. The molecular formula is C15H19BrN4O. The highest BCUT2D eigenvalue weighted by molar-refractivity contribution is 9.10. The van der Waals surface area contributed by atoms with Crippen molar-refractivity contribution in [1.29, 1.82) is 0 Å². The van der Waals surface area contributed by atoms with Crippen LogP contribution < -0.4 is 11.1 Å². The Labute approximate surface area is 132 Å². The first kappa shape index (κ1) is 15.7. The minimum atomic E-state index is -0.0518. The first-order valence-electron chi connectivity index (χ1n) is 6.98. The zero-order valence-corrected chi connectivity index (χ0v) is 13.5. The normalized spacial score (nSPS) is 10.6. The van der Waals surface area contributed by atoms with Crippen LogP contribution in [-0.4, -0.2) is 22.6 Å². The van der Waals surface area contributed by atoms with E-state index in [1.807, 2.05) is 31.2 Å². The average molecular weight is 351 g/mol. The summed E-state index contributed by atoms with van der Waals surface area (Å²) in [5.74, 6) is 0.557. The second-order valence-electron chi connectivity index (χ2n) is 4.73. The number of rotatable bonds is 6. The molecule has 0 atom stereocenters. The number of amides is 1. The van der Waals surface area contributed by atoms with Gasteiger partial charge in [-0.2, -0.15) is 5.10 Å². The molecule has 112 valence electrons. The fourth-order valence-electron chi connectivity index (χ4n) is 2.13. The first-order valence-corrected chi connectivity index (χ1v) is 7.78. The van der Waals surface area contributed by atoms with E-state index < -0.39 is 0 Å². The van der Waals surface area contributed by atoms with Gasteiger partial charge in [-0.25, -0.2) is 0 Å². The van der Waals surface area contributed by atoms with Crippen molar-refractivity contribution in [3.8, 4) is 11.3 Å². The molecule has 0 unspecified atom stereocenters. The van der Waals surface area contributed by atoms with Crippen molar-refractivity contribution >= 4 is 27.7 Å². The lowest BCUT2D eigenvalue weighted by Crippen LogP contribution is -2.14. The van der Waals surface area contributed by atoms with Crippen molar-refractivity contribution in [3.05, 3.63) is 34.3 Å². The maximum absolute atomic E-state index is 11.8. The van der Waals surface area contributed by atoms with Crippen molar-refractivity contribution in [2.75, 3.05) is 11.9 Å². The lowest BCUT2D eigenvalue weighted by Gasteiger charge is -2.05. The lowest BCUT2D eigenvalue weighted by molar-refractivity contribution is -0.116. The van der Waals surface area contributed by atoms with Gasteiger partial charge in [-0.1, -0.05) is 35.0 Å². The molecule has 1 aromatic carbocycles. The number of carbonyl (C=O) groups is 1. The molecule has 4 N–H and O–H groups in total. The number of hydrogen-bond donors (Lipinski definition) is 3. The van der Waals surface area contributed by atoms with E-state index in [0.29, 0.717) is 25.2 Å². The van der Waals surface area contributed by atoms with Crippen molar-refractivity contribution in [1.82, 2.24) is 10.2 Å². The highest BCUT2D eigenvalue weighted by Gasteiger charge is 2.15. The van der Waals surface area contributed by atoms with Gasteiger partial charge in [0.15, 0.2) is 5.82 Å². The molecule has 0 radical (unpaired) electrons. The number of benzene rings is 1. The molecule has 6 heteroatoms. The van der Waals surface area contributed by atoms with Gasteiger partial charge in [0.05, 0.1) is 5.69 Å². The van der Waals surface area contributed by atoms with E-state index in [2.05, 4.69) is 31.4 Å². The monoisotopic (exact) mass is 350 g/mol. The van der Waals surface area contributed by atoms with Crippen molar-refractivity contribution < 1.29 is 4.79 Å². The molecule has 2 rings (SSSR count). The minimum Gasteiger partial charge on any atom is -0.330 e. The quantitative estimate of drug-likeness (QED) is 0.748. The lowest BCUT2D eigenvalue weighted by atomic mass is 10.1. The summed E-state index contributed by atoms with van der Waals surface area (Å²) in [6.45, 7) is 2.56. The number of carbonyl (C=O) groups excluding carboxylic acids is 1. The largest absolute Gasteiger partial charge is 0.330 e. The van der Waals surface area contributed by atoms with Gasteiger partial charge < -0.3 is 11.1 Å². The molecule has 0 aliphatic carbocycles. The van der Waals surface area contributed by atoms with Gasteiger partial charge in [0, 0.05) is 16.5 Å². The van der Waals surface area contributed by atoms with Crippen LogP contribution in [0.25, 0.3) is 11.3 Å². The first-order chi connectivity index (χ1) is 10.2. The zero-order chi connectivity index (χ0) is 15.2. The van der Waals surface area contributed by atoms with E-state index in [-0.39, 0.29) is 5.91 Å². The number of aromatic nitrogens is 2. The van der Waals surface area contributed by atoms with Crippen molar-refractivity contribution in [2.24, 2.45) is 5.73 Å². The number of nitrogens with two attached hydrogens (primary N) is 1. The van der Waals surface area contributed by atoms with Crippen LogP contribution in [0.5, 0.6) is 0 Å². The number of hydrogen-bond acceptors (Lipinski definition) is 3. The summed E-state index contributed by atoms with van der Waals surface area (Å²) >= 11 is 3.42. The molecule has 0 aliphatic heterocycles. The van der Waals surface area contributed by atoms with E-state index in [4.69, 9.17) is 5.73 Å². The van der Waals surface area contributed by atoms with E-state index >= 15 is 0 Å². The number of nitrogens with one attached hydrogen (secondary N) is 2. The van der Waals surface area contributed by atoms with E-state index in [1.54, 1.807) is 0 Å². The summed E-state index contributed by atoms with van der Waals surface area (Å²) in [6, 6.07) is 7.98. The van der Waals surface area contributed by atoms with E-state index in [0.717, 1.165) is 27.7 Å². The number of H-pyrrole nitrogens is 1. The van der Waals surface area contributed by atoms with Crippen LogP contribution in [0.4, 0.5) is 5.82 Å². The number of nitrogens with zero attached hydrogens (tertiary/aromatic N) is 1. The Morgan fingerprint density at radius 1 is 1.38 bits per heavy atom. The summed E-state index contributed by atoms with van der Waals surface area (Å²) in [7, 11) is 0. The highest BCUT2D eigenvalue weighted by Crippen LogP contribution is 2.28. The zero-order valence-electron chi connectivity index (χ0n) is 11.9. The average Bonchev–Trinajstić information content (AvgIpc) is 2.88. The molecule has 1 amide bonds. The fraction of sp³-hybridized carbons (Fsp3) is 0.333. The fourth-order valence-corrected chi connectivity index (χ4v) is 2.39. The Kier molecular flexibility index (Phi) is 5.52. The number of anilines is 1. The predicted octanol–water partition coefficient (Wildman–Crippen LogP) is 3.08. The maximum Gasteiger partial charge on any atom is 0.225 e. The predicted molar refractivity (Wildman–Crippen MR) is 88.0 cm³/mol. The highest BCUT2D eigenvalue weighted by atomic mass is 79.9. The second kappa shape index (κ2) is 7.38. The van der Waals surface area contributed by atoms with Crippen LogP contribution in [0.2, 0.25) is 0 Å². The standard InChI is InChI=1S/C15H19BrN4O/c1-2-12-14(10-5-7-11(16)8-6-10)19-20-15(12)18-13(21)4-3-9-17/h5-8H,2-4,9,17H2,1H3,(H2,18,19,20,21). The molecule has 1 heterocycles. The summed E-state index contributed by atoms with van der Waals surface area (Å²) in [5, 5.41) is 10.1. The molecule has 0 fully saturated rings. The second-order valence-corrected chi connectivity index (χ2v) is 5.64. The summed E-state index contributed by atoms with van der Waals surface area (Å²) in [6.07, 6.45) is 1.88. The smallest absolute Gasteiger partial charge is 0.225 e. The van der Waals surface area contributed by atoms with Crippen LogP contribution in [0.1, 0.15) is 25.3 Å². The van der Waals surface area contributed by atoms with Crippen LogP contribution >= 0.6 is 15.9 Å². The van der Waals surface area contributed by atoms with Gasteiger partial charge in [-0.05, 0) is 37.1 Å². The summed E-state index contributed by atoms with van der Waals surface area (Å²) in [4.78, 5) is 11.8. The Morgan fingerprint density at radius 3 is 2.71 bits per heavy atom. The molecule has 2 aromatic rings. The number of halogens is 1. The third-order valence-electron chi connectivity index (χ3n) is 3.22. The third-order valence-corrected chi connectivity index (χ3v) is 3.75. The summed E-state index contributed by atoms with van der Waals surface area (Å²) in [5.41, 5.74) is 8.42. The van der Waals surface area contributed by atoms with Gasteiger partial charge in [0.25, 0.3) is 0 Å². The van der Waals surface area contributed by atoms with Crippen LogP contribution in [0, 0.1) is 0 Å². The molecule has 0 spiro atoms. The van der Waals surface area contributed by atoms with Gasteiger partial charge >= 0.3 is 0 Å². The van der Waals surface area contributed by atoms with Gasteiger partial charge in [-0.3, -0.25) is 9.89 Å². The van der Waals surface area contributed by atoms with Crippen molar-refractivity contribution in [3.63, 3.8) is 0 Å². The Balaban J connectivity index is 2.21. The van der Waals surface area contributed by atoms with Crippen LogP contribution in [-0.2, 0) is 11.2 Å². The topological polar surface area (TPSA) is 83.8 Å². The third kappa shape index (κ3) is 3.92. The Bertz CT molecular complexity index is 607.